The second-order valence-corrected chi connectivity index (χ2v) is 3.09. The lowest BCUT2D eigenvalue weighted by atomic mass is 10.4. The summed E-state index contributed by atoms with van der Waals surface area (Å²) < 4.78 is 10.2. The van der Waals surface area contributed by atoms with Crippen molar-refractivity contribution in [2.75, 3.05) is 6.61 Å². The minimum absolute atomic E-state index is 0.132. The lowest BCUT2D eigenvalue weighted by Gasteiger charge is -2.19. The van der Waals surface area contributed by atoms with E-state index in [2.05, 4.69) is 11.9 Å². The molecule has 0 spiro atoms. The van der Waals surface area contributed by atoms with E-state index in [4.69, 9.17) is 9.47 Å². The van der Waals surface area contributed by atoms with Crippen molar-refractivity contribution in [3.8, 4) is 0 Å². The van der Waals surface area contributed by atoms with Crippen LogP contribution in [0.2, 0.25) is 0 Å². The zero-order valence-electron chi connectivity index (χ0n) is 9.29. The summed E-state index contributed by atoms with van der Waals surface area (Å²) in [6, 6.07) is 0. The molecule has 0 saturated heterocycles. The Morgan fingerprint density at radius 1 is 1.43 bits per heavy atom. The number of ether oxygens (including phenoxy) is 2. The largest absolute Gasteiger partial charge is 0.443 e. The molecule has 0 aliphatic heterocycles. The molecular formula is C10H19NO3. The zero-order chi connectivity index (χ0) is 11.1. The third-order valence-electron chi connectivity index (χ3n) is 1.52. The molecule has 0 saturated carbocycles. The Balaban J connectivity index is 3.80. The molecule has 2 unspecified atom stereocenters. The first kappa shape index (κ1) is 13.1. The van der Waals surface area contributed by atoms with Gasteiger partial charge in [-0.1, -0.05) is 6.58 Å². The number of hydrogen-bond donors (Lipinski definition) is 1. The Hall–Kier alpha value is -0.870. The van der Waals surface area contributed by atoms with E-state index < -0.39 is 5.97 Å². The second kappa shape index (κ2) is 6.56. The number of carbonyl (C=O) groups excluding carboxylic acids is 1. The zero-order valence-corrected chi connectivity index (χ0v) is 9.29. The molecule has 0 aromatic rings. The summed E-state index contributed by atoms with van der Waals surface area (Å²) in [5.41, 5.74) is 0.391. The molecule has 14 heavy (non-hydrogen) atoms. The predicted molar refractivity (Wildman–Crippen MR) is 54.6 cm³/mol. The van der Waals surface area contributed by atoms with E-state index in [-0.39, 0.29) is 12.5 Å². The summed E-state index contributed by atoms with van der Waals surface area (Å²) in [6.45, 7) is 11.2. The fourth-order valence-electron chi connectivity index (χ4n) is 0.924. The van der Waals surface area contributed by atoms with Crippen LogP contribution in [0, 0.1) is 0 Å². The van der Waals surface area contributed by atoms with Gasteiger partial charge in [0.1, 0.15) is 6.23 Å². The molecule has 0 aliphatic rings. The van der Waals surface area contributed by atoms with Gasteiger partial charge in [0.2, 0.25) is 0 Å². The topological polar surface area (TPSA) is 47.6 Å². The van der Waals surface area contributed by atoms with Gasteiger partial charge in [-0.2, -0.15) is 0 Å². The number of esters is 1. The number of rotatable bonds is 6. The van der Waals surface area contributed by atoms with Crippen molar-refractivity contribution in [3.05, 3.63) is 12.2 Å². The van der Waals surface area contributed by atoms with Crippen molar-refractivity contribution in [1.82, 2.24) is 5.32 Å². The molecule has 0 rings (SSSR count). The molecular weight excluding hydrogens is 182 g/mol. The average Bonchev–Trinajstić information content (AvgIpc) is 2.03. The quantitative estimate of drug-likeness (QED) is 0.401. The lowest BCUT2D eigenvalue weighted by Crippen LogP contribution is -2.39. The van der Waals surface area contributed by atoms with E-state index >= 15 is 0 Å². The average molecular weight is 201 g/mol. The van der Waals surface area contributed by atoms with E-state index in [1.165, 1.54) is 0 Å². The summed E-state index contributed by atoms with van der Waals surface area (Å²) in [7, 11) is 0. The van der Waals surface area contributed by atoms with Crippen molar-refractivity contribution in [1.29, 1.82) is 0 Å². The van der Waals surface area contributed by atoms with Gasteiger partial charge in [0, 0.05) is 12.2 Å². The van der Waals surface area contributed by atoms with Gasteiger partial charge in [0.25, 0.3) is 0 Å². The summed E-state index contributed by atoms with van der Waals surface area (Å²) in [6.07, 6.45) is -0.506. The van der Waals surface area contributed by atoms with Gasteiger partial charge < -0.3 is 9.47 Å². The maximum absolute atomic E-state index is 11.1. The van der Waals surface area contributed by atoms with Crippen molar-refractivity contribution in [2.45, 2.75) is 40.2 Å². The van der Waals surface area contributed by atoms with Crippen molar-refractivity contribution in [3.63, 3.8) is 0 Å². The standard InChI is InChI=1S/C10H19NO3/c1-6-13-8(4)11-9(5)14-10(12)7(2)3/h8-9,11H,2,6H2,1,3-5H3. The van der Waals surface area contributed by atoms with Crippen molar-refractivity contribution >= 4 is 5.97 Å². The molecule has 4 heteroatoms. The molecule has 0 radical (unpaired) electrons. The van der Waals surface area contributed by atoms with E-state index in [0.29, 0.717) is 12.2 Å². The molecule has 0 aromatic heterocycles. The van der Waals surface area contributed by atoms with Crippen molar-refractivity contribution < 1.29 is 14.3 Å². The highest BCUT2D eigenvalue weighted by Crippen LogP contribution is 1.97. The SMILES string of the molecule is C=C(C)C(=O)OC(C)NC(C)OCC. The van der Waals surface area contributed by atoms with Crippen LogP contribution in [0.4, 0.5) is 0 Å². The van der Waals surface area contributed by atoms with E-state index in [0.717, 1.165) is 0 Å². The maximum atomic E-state index is 11.1. The van der Waals surface area contributed by atoms with Crippen LogP contribution in [-0.4, -0.2) is 25.0 Å². The van der Waals surface area contributed by atoms with E-state index in [1.807, 2.05) is 13.8 Å². The fourth-order valence-corrected chi connectivity index (χ4v) is 0.924. The number of nitrogens with one attached hydrogen (secondary N) is 1. The monoisotopic (exact) mass is 201 g/mol. The van der Waals surface area contributed by atoms with Gasteiger partial charge in [-0.15, -0.1) is 0 Å². The summed E-state index contributed by atoms with van der Waals surface area (Å²) >= 11 is 0. The van der Waals surface area contributed by atoms with E-state index in [1.54, 1.807) is 13.8 Å². The van der Waals surface area contributed by atoms with Crippen LogP contribution in [-0.2, 0) is 14.3 Å². The molecule has 1 N–H and O–H groups in total. The number of carbonyl (C=O) groups is 1. The number of hydrogen-bond acceptors (Lipinski definition) is 4. The Morgan fingerprint density at radius 2 is 2.00 bits per heavy atom. The van der Waals surface area contributed by atoms with Crippen LogP contribution in [0.25, 0.3) is 0 Å². The lowest BCUT2D eigenvalue weighted by molar-refractivity contribution is -0.147. The molecule has 0 bridgehead atoms. The third kappa shape index (κ3) is 5.72. The van der Waals surface area contributed by atoms with Crippen LogP contribution in [0.5, 0.6) is 0 Å². The first-order valence-electron chi connectivity index (χ1n) is 4.71. The maximum Gasteiger partial charge on any atom is 0.334 e. The first-order valence-corrected chi connectivity index (χ1v) is 4.71. The van der Waals surface area contributed by atoms with Crippen LogP contribution in [0.15, 0.2) is 12.2 Å². The van der Waals surface area contributed by atoms with Crippen LogP contribution >= 0.6 is 0 Å². The minimum Gasteiger partial charge on any atom is -0.443 e. The molecule has 4 nitrogen and oxygen atoms in total. The van der Waals surface area contributed by atoms with E-state index in [9.17, 15) is 4.79 Å². The van der Waals surface area contributed by atoms with Crippen molar-refractivity contribution in [2.24, 2.45) is 0 Å². The minimum atomic E-state index is -0.395. The molecule has 0 heterocycles. The van der Waals surface area contributed by atoms with Gasteiger partial charge in [-0.3, -0.25) is 5.32 Å². The van der Waals surface area contributed by atoms with Gasteiger partial charge in [-0.05, 0) is 27.7 Å². The molecule has 2 atom stereocenters. The summed E-state index contributed by atoms with van der Waals surface area (Å²) in [4.78, 5) is 11.1. The summed E-state index contributed by atoms with van der Waals surface area (Å²) in [5, 5.41) is 2.96. The normalized spacial score (nSPS) is 14.6. The highest BCUT2D eigenvalue weighted by atomic mass is 16.6. The Labute approximate surface area is 85.3 Å². The van der Waals surface area contributed by atoms with Gasteiger partial charge in [-0.25, -0.2) is 4.79 Å². The molecule has 0 amide bonds. The predicted octanol–water partition coefficient (Wildman–Crippen LogP) is 1.42. The molecule has 0 fully saturated rings. The first-order chi connectivity index (χ1) is 6.47. The van der Waals surface area contributed by atoms with Crippen LogP contribution in [0.1, 0.15) is 27.7 Å². The second-order valence-electron chi connectivity index (χ2n) is 3.09. The Kier molecular flexibility index (Phi) is 6.16. The molecule has 82 valence electrons. The van der Waals surface area contributed by atoms with Crippen LogP contribution < -0.4 is 5.32 Å². The summed E-state index contributed by atoms with van der Waals surface area (Å²) in [5.74, 6) is -0.395. The van der Waals surface area contributed by atoms with Gasteiger partial charge in [0.15, 0.2) is 6.23 Å². The fraction of sp³-hybridized carbons (Fsp3) is 0.700. The molecule has 0 aliphatic carbocycles. The Morgan fingerprint density at radius 3 is 2.43 bits per heavy atom. The van der Waals surface area contributed by atoms with Gasteiger partial charge >= 0.3 is 5.97 Å². The molecule has 0 aromatic carbocycles. The third-order valence-corrected chi connectivity index (χ3v) is 1.52. The highest BCUT2D eigenvalue weighted by Gasteiger charge is 2.11. The Bertz CT molecular complexity index is 204. The highest BCUT2D eigenvalue weighted by molar-refractivity contribution is 5.87. The smallest absolute Gasteiger partial charge is 0.334 e. The van der Waals surface area contributed by atoms with Gasteiger partial charge in [0.05, 0.1) is 0 Å². The van der Waals surface area contributed by atoms with Crippen LogP contribution in [0.3, 0.4) is 0 Å².